The van der Waals surface area contributed by atoms with Gasteiger partial charge in [0.25, 0.3) is 0 Å². The Hall–Kier alpha value is -1.83. The molecule has 0 aliphatic carbocycles. The number of hydrogen-bond acceptors (Lipinski definition) is 3. The van der Waals surface area contributed by atoms with Crippen molar-refractivity contribution in [1.82, 2.24) is 0 Å². The fraction of sp³-hybridized carbons (Fsp3) is 0.133. The largest absolute Gasteiger partial charge is 0.323 e. The molecule has 24 heavy (non-hydrogen) atoms. The summed E-state index contributed by atoms with van der Waals surface area (Å²) in [7, 11) is -3.74. The topological polar surface area (TPSA) is 66.5 Å². The number of hydrogen-bond donors (Lipinski definition) is 1. The van der Waals surface area contributed by atoms with Crippen LogP contribution in [0.5, 0.6) is 0 Å². The third kappa shape index (κ3) is 4.83. The van der Waals surface area contributed by atoms with E-state index in [1.165, 1.54) is 30.3 Å². The average Bonchev–Trinajstić information content (AvgIpc) is 2.48. The predicted molar refractivity (Wildman–Crippen MR) is 93.7 cm³/mol. The van der Waals surface area contributed by atoms with E-state index in [-0.39, 0.29) is 10.7 Å². The SMILES string of the molecule is CS(=O)(=O)N(CC(=O)Nc1ccc(Cl)cc1Cl)c1ccc(F)cc1. The molecule has 0 aromatic heterocycles. The van der Waals surface area contributed by atoms with Gasteiger partial charge in [-0.05, 0) is 42.5 Å². The third-order valence-electron chi connectivity index (χ3n) is 3.01. The molecule has 0 unspecified atom stereocenters. The van der Waals surface area contributed by atoms with Gasteiger partial charge in [0.2, 0.25) is 15.9 Å². The van der Waals surface area contributed by atoms with Crippen LogP contribution >= 0.6 is 23.2 Å². The molecule has 0 fully saturated rings. The molecule has 2 aromatic carbocycles. The van der Waals surface area contributed by atoms with Crippen molar-refractivity contribution in [1.29, 1.82) is 0 Å². The molecular weight excluding hydrogens is 378 g/mol. The Morgan fingerprint density at radius 1 is 1.17 bits per heavy atom. The Bertz CT molecular complexity index is 858. The Morgan fingerprint density at radius 2 is 1.79 bits per heavy atom. The molecule has 2 aromatic rings. The Labute approximate surface area is 149 Å². The highest BCUT2D eigenvalue weighted by Crippen LogP contribution is 2.25. The molecule has 0 saturated carbocycles. The fourth-order valence-corrected chi connectivity index (χ4v) is 3.23. The van der Waals surface area contributed by atoms with Gasteiger partial charge in [0.1, 0.15) is 12.4 Å². The highest BCUT2D eigenvalue weighted by atomic mass is 35.5. The summed E-state index contributed by atoms with van der Waals surface area (Å²) in [4.78, 5) is 12.2. The number of amides is 1. The summed E-state index contributed by atoms with van der Waals surface area (Å²) in [6.07, 6.45) is 0.957. The summed E-state index contributed by atoms with van der Waals surface area (Å²) < 4.78 is 37.7. The molecule has 0 aliphatic heterocycles. The van der Waals surface area contributed by atoms with Gasteiger partial charge in [0.05, 0.1) is 22.7 Å². The number of halogens is 3. The van der Waals surface area contributed by atoms with Crippen molar-refractivity contribution in [3.63, 3.8) is 0 Å². The monoisotopic (exact) mass is 390 g/mol. The van der Waals surface area contributed by atoms with Crippen LogP contribution in [-0.4, -0.2) is 27.1 Å². The highest BCUT2D eigenvalue weighted by Gasteiger charge is 2.21. The van der Waals surface area contributed by atoms with Gasteiger partial charge in [-0.1, -0.05) is 23.2 Å². The lowest BCUT2D eigenvalue weighted by Crippen LogP contribution is -2.37. The zero-order valence-electron chi connectivity index (χ0n) is 12.5. The number of sulfonamides is 1. The molecule has 0 bridgehead atoms. The third-order valence-corrected chi connectivity index (χ3v) is 4.70. The van der Waals surface area contributed by atoms with Crippen molar-refractivity contribution in [2.24, 2.45) is 0 Å². The zero-order valence-corrected chi connectivity index (χ0v) is 14.8. The van der Waals surface area contributed by atoms with E-state index in [1.54, 1.807) is 0 Å². The van der Waals surface area contributed by atoms with E-state index >= 15 is 0 Å². The Balaban J connectivity index is 2.20. The maximum Gasteiger partial charge on any atom is 0.245 e. The van der Waals surface area contributed by atoms with Gasteiger partial charge in [0.15, 0.2) is 0 Å². The van der Waals surface area contributed by atoms with Crippen LogP contribution in [0, 0.1) is 5.82 Å². The van der Waals surface area contributed by atoms with Crippen molar-refractivity contribution >= 4 is 50.5 Å². The molecule has 128 valence electrons. The number of carbonyl (C=O) groups excluding carboxylic acids is 1. The summed E-state index contributed by atoms with van der Waals surface area (Å²) in [6, 6.07) is 9.27. The Morgan fingerprint density at radius 3 is 2.33 bits per heavy atom. The van der Waals surface area contributed by atoms with Crippen LogP contribution in [0.1, 0.15) is 0 Å². The quantitative estimate of drug-likeness (QED) is 0.848. The Kier molecular flexibility index (Phi) is 5.69. The summed E-state index contributed by atoms with van der Waals surface area (Å²) in [5.41, 5.74) is 0.481. The summed E-state index contributed by atoms with van der Waals surface area (Å²) in [5.74, 6) is -1.11. The van der Waals surface area contributed by atoms with Crippen molar-refractivity contribution in [2.75, 3.05) is 22.4 Å². The van der Waals surface area contributed by atoms with Crippen LogP contribution in [0.15, 0.2) is 42.5 Å². The molecule has 2 rings (SSSR count). The van der Waals surface area contributed by atoms with Gasteiger partial charge in [-0.15, -0.1) is 0 Å². The van der Waals surface area contributed by atoms with Gasteiger partial charge in [0, 0.05) is 5.02 Å². The van der Waals surface area contributed by atoms with E-state index in [9.17, 15) is 17.6 Å². The number of benzene rings is 2. The molecule has 5 nitrogen and oxygen atoms in total. The van der Waals surface area contributed by atoms with Crippen LogP contribution < -0.4 is 9.62 Å². The van der Waals surface area contributed by atoms with Crippen LogP contribution in [0.4, 0.5) is 15.8 Å². The highest BCUT2D eigenvalue weighted by molar-refractivity contribution is 7.92. The minimum absolute atomic E-state index is 0.177. The van der Waals surface area contributed by atoms with E-state index in [1.807, 2.05) is 0 Å². The minimum atomic E-state index is -3.74. The van der Waals surface area contributed by atoms with Crippen molar-refractivity contribution in [2.45, 2.75) is 0 Å². The van der Waals surface area contributed by atoms with Crippen LogP contribution in [0.25, 0.3) is 0 Å². The number of carbonyl (C=O) groups is 1. The van der Waals surface area contributed by atoms with E-state index in [0.29, 0.717) is 10.7 Å². The maximum atomic E-state index is 13.0. The lowest BCUT2D eigenvalue weighted by atomic mass is 10.3. The lowest BCUT2D eigenvalue weighted by Gasteiger charge is -2.22. The first-order valence-electron chi connectivity index (χ1n) is 6.65. The molecule has 0 aliphatic rings. The van der Waals surface area contributed by atoms with E-state index in [4.69, 9.17) is 23.2 Å². The van der Waals surface area contributed by atoms with Gasteiger partial charge in [-0.25, -0.2) is 12.8 Å². The van der Waals surface area contributed by atoms with E-state index < -0.39 is 28.3 Å². The first-order chi connectivity index (χ1) is 11.2. The van der Waals surface area contributed by atoms with Gasteiger partial charge in [-0.2, -0.15) is 0 Å². The number of rotatable bonds is 5. The van der Waals surface area contributed by atoms with Gasteiger partial charge in [-0.3, -0.25) is 9.10 Å². The second kappa shape index (κ2) is 7.38. The van der Waals surface area contributed by atoms with Gasteiger partial charge >= 0.3 is 0 Å². The summed E-state index contributed by atoms with van der Waals surface area (Å²) in [6.45, 7) is -0.483. The van der Waals surface area contributed by atoms with E-state index in [0.717, 1.165) is 22.7 Å². The normalized spacial score (nSPS) is 11.2. The first kappa shape index (κ1) is 18.5. The minimum Gasteiger partial charge on any atom is -0.323 e. The number of nitrogens with zero attached hydrogens (tertiary/aromatic N) is 1. The van der Waals surface area contributed by atoms with Crippen LogP contribution in [0.2, 0.25) is 10.0 Å². The molecule has 1 N–H and O–H groups in total. The molecule has 0 heterocycles. The summed E-state index contributed by atoms with van der Waals surface area (Å²) >= 11 is 11.7. The second-order valence-corrected chi connectivity index (χ2v) is 7.67. The maximum absolute atomic E-state index is 13.0. The fourth-order valence-electron chi connectivity index (χ4n) is 1.92. The molecule has 9 heteroatoms. The molecule has 1 amide bonds. The first-order valence-corrected chi connectivity index (χ1v) is 9.25. The molecule has 0 radical (unpaired) electrons. The van der Waals surface area contributed by atoms with Crippen molar-refractivity contribution in [3.8, 4) is 0 Å². The molecule has 0 spiro atoms. The van der Waals surface area contributed by atoms with Crippen molar-refractivity contribution < 1.29 is 17.6 Å². The average molecular weight is 391 g/mol. The summed E-state index contributed by atoms with van der Waals surface area (Å²) in [5, 5.41) is 3.14. The number of nitrogens with one attached hydrogen (secondary N) is 1. The lowest BCUT2D eigenvalue weighted by molar-refractivity contribution is -0.114. The van der Waals surface area contributed by atoms with Gasteiger partial charge < -0.3 is 5.32 Å². The predicted octanol–water partition coefficient (Wildman–Crippen LogP) is 3.54. The van der Waals surface area contributed by atoms with E-state index in [2.05, 4.69) is 5.32 Å². The second-order valence-electron chi connectivity index (χ2n) is 4.92. The smallest absolute Gasteiger partial charge is 0.245 e. The zero-order chi connectivity index (χ0) is 17.9. The molecule has 0 atom stereocenters. The molecular formula is C15H13Cl2FN2O3S. The number of anilines is 2. The molecule has 0 saturated heterocycles. The standard InChI is InChI=1S/C15H13Cl2FN2O3S/c1-24(22,23)20(12-5-3-11(18)4-6-12)9-15(21)19-14-7-2-10(16)8-13(14)17/h2-8H,9H2,1H3,(H,19,21). The van der Waals surface area contributed by atoms with Crippen LogP contribution in [0.3, 0.4) is 0 Å². The van der Waals surface area contributed by atoms with Crippen LogP contribution in [-0.2, 0) is 14.8 Å². The van der Waals surface area contributed by atoms with Crippen molar-refractivity contribution in [3.05, 3.63) is 58.3 Å².